The Hall–Kier alpha value is -1.03. The van der Waals surface area contributed by atoms with Gasteiger partial charge in [-0.15, -0.1) is 23.7 Å². The van der Waals surface area contributed by atoms with E-state index in [9.17, 15) is 0 Å². The predicted molar refractivity (Wildman–Crippen MR) is 70.2 cm³/mol. The molecule has 2 nitrogen and oxygen atoms in total. The Morgan fingerprint density at radius 1 is 1.12 bits per heavy atom. The topological polar surface area (TPSA) is 35.2 Å². The highest BCUT2D eigenvalue weighted by molar-refractivity contribution is 7.10. The van der Waals surface area contributed by atoms with Gasteiger partial charge in [0.05, 0.1) is 4.88 Å². The maximum atomic E-state index is 5.68. The van der Waals surface area contributed by atoms with Gasteiger partial charge in [0.15, 0.2) is 0 Å². The Balaban J connectivity index is 0.00000128. The van der Waals surface area contributed by atoms with Gasteiger partial charge in [-0.3, -0.25) is 0 Å². The van der Waals surface area contributed by atoms with Crippen LogP contribution in [-0.4, -0.2) is 0 Å². The highest BCUT2D eigenvalue weighted by Gasteiger charge is 2.03. The molecule has 2 rings (SSSR count). The van der Waals surface area contributed by atoms with E-state index in [1.54, 1.807) is 11.3 Å². The van der Waals surface area contributed by atoms with Crippen LogP contribution in [0.25, 0.3) is 0 Å². The highest BCUT2D eigenvalue weighted by Crippen LogP contribution is 2.24. The molecular formula is C12H14ClNOS. The van der Waals surface area contributed by atoms with Crippen LogP contribution in [0, 0.1) is 0 Å². The Kier molecular flexibility index (Phi) is 5.32. The van der Waals surface area contributed by atoms with Gasteiger partial charge in [0.1, 0.15) is 12.4 Å². The molecule has 0 unspecified atom stereocenters. The second-order valence-electron chi connectivity index (χ2n) is 3.19. The molecule has 0 amide bonds. The number of thiophene rings is 1. The van der Waals surface area contributed by atoms with E-state index in [2.05, 4.69) is 12.1 Å². The fraction of sp³-hybridized carbons (Fsp3) is 0.167. The summed E-state index contributed by atoms with van der Waals surface area (Å²) in [6.07, 6.45) is 0. The van der Waals surface area contributed by atoms with Gasteiger partial charge in [0.25, 0.3) is 0 Å². The van der Waals surface area contributed by atoms with Gasteiger partial charge in [-0.2, -0.15) is 0 Å². The Labute approximate surface area is 105 Å². The molecule has 0 saturated carbocycles. The molecule has 86 valence electrons. The van der Waals surface area contributed by atoms with Crippen molar-refractivity contribution in [3.63, 3.8) is 0 Å². The molecule has 4 heteroatoms. The average molecular weight is 256 g/mol. The van der Waals surface area contributed by atoms with Crippen molar-refractivity contribution < 1.29 is 4.74 Å². The van der Waals surface area contributed by atoms with E-state index in [0.29, 0.717) is 13.2 Å². The van der Waals surface area contributed by atoms with Crippen LogP contribution < -0.4 is 10.5 Å². The lowest BCUT2D eigenvalue weighted by molar-refractivity contribution is 0.305. The third kappa shape index (κ3) is 3.23. The lowest BCUT2D eigenvalue weighted by Crippen LogP contribution is -1.99. The van der Waals surface area contributed by atoms with E-state index >= 15 is 0 Å². The molecule has 2 aromatic rings. The fourth-order valence-corrected chi connectivity index (χ4v) is 2.04. The predicted octanol–water partition coefficient (Wildman–Crippen LogP) is 3.21. The van der Waals surface area contributed by atoms with Gasteiger partial charge < -0.3 is 10.5 Å². The summed E-state index contributed by atoms with van der Waals surface area (Å²) in [5, 5.41) is 2.00. The molecule has 0 aliphatic heterocycles. The summed E-state index contributed by atoms with van der Waals surface area (Å²) < 4.78 is 5.68. The van der Waals surface area contributed by atoms with Crippen LogP contribution in [0.3, 0.4) is 0 Å². The minimum atomic E-state index is 0. The largest absolute Gasteiger partial charge is 0.488 e. The molecule has 1 aromatic carbocycles. The number of rotatable bonds is 4. The van der Waals surface area contributed by atoms with Crippen molar-refractivity contribution >= 4 is 23.7 Å². The number of hydrogen-bond acceptors (Lipinski definition) is 3. The van der Waals surface area contributed by atoms with Gasteiger partial charge in [-0.05, 0) is 17.0 Å². The number of benzene rings is 1. The SMILES string of the molecule is Cl.NCc1sccc1OCc1ccccc1. The molecule has 0 aliphatic carbocycles. The molecule has 2 N–H and O–H groups in total. The van der Waals surface area contributed by atoms with Crippen molar-refractivity contribution in [3.05, 3.63) is 52.2 Å². The minimum Gasteiger partial charge on any atom is -0.488 e. The molecule has 1 aromatic heterocycles. The molecular weight excluding hydrogens is 242 g/mol. The van der Waals surface area contributed by atoms with E-state index in [-0.39, 0.29) is 12.4 Å². The molecule has 0 atom stereocenters. The molecule has 0 aliphatic rings. The van der Waals surface area contributed by atoms with Crippen LogP contribution in [0.1, 0.15) is 10.4 Å². The first kappa shape index (κ1) is 13.0. The second-order valence-corrected chi connectivity index (χ2v) is 4.19. The van der Waals surface area contributed by atoms with E-state index in [1.807, 2.05) is 29.6 Å². The summed E-state index contributed by atoms with van der Waals surface area (Å²) in [6, 6.07) is 12.1. The number of ether oxygens (including phenoxy) is 1. The van der Waals surface area contributed by atoms with E-state index < -0.39 is 0 Å². The van der Waals surface area contributed by atoms with Crippen molar-refractivity contribution in [2.24, 2.45) is 5.73 Å². The van der Waals surface area contributed by atoms with E-state index in [4.69, 9.17) is 10.5 Å². The van der Waals surface area contributed by atoms with Crippen LogP contribution >= 0.6 is 23.7 Å². The van der Waals surface area contributed by atoms with Crippen molar-refractivity contribution in [3.8, 4) is 5.75 Å². The van der Waals surface area contributed by atoms with Gasteiger partial charge in [-0.25, -0.2) is 0 Å². The highest BCUT2D eigenvalue weighted by atomic mass is 35.5. The second kappa shape index (κ2) is 6.53. The Bertz CT molecular complexity index is 416. The molecule has 0 spiro atoms. The monoisotopic (exact) mass is 255 g/mol. The molecule has 1 heterocycles. The third-order valence-corrected chi connectivity index (χ3v) is 3.05. The summed E-state index contributed by atoms with van der Waals surface area (Å²) in [5.74, 6) is 0.909. The summed E-state index contributed by atoms with van der Waals surface area (Å²) in [4.78, 5) is 1.10. The Morgan fingerprint density at radius 3 is 2.56 bits per heavy atom. The van der Waals surface area contributed by atoms with Crippen LogP contribution in [0.4, 0.5) is 0 Å². The minimum absolute atomic E-state index is 0. The fourth-order valence-electron chi connectivity index (χ4n) is 1.34. The Morgan fingerprint density at radius 2 is 1.88 bits per heavy atom. The van der Waals surface area contributed by atoms with Gasteiger partial charge in [0.2, 0.25) is 0 Å². The van der Waals surface area contributed by atoms with Crippen molar-refractivity contribution in [2.45, 2.75) is 13.2 Å². The average Bonchev–Trinajstić information content (AvgIpc) is 2.75. The summed E-state index contributed by atoms with van der Waals surface area (Å²) >= 11 is 1.63. The zero-order chi connectivity index (χ0) is 10.5. The number of hydrogen-bond donors (Lipinski definition) is 1. The first-order valence-electron chi connectivity index (χ1n) is 4.83. The van der Waals surface area contributed by atoms with Gasteiger partial charge in [0, 0.05) is 6.54 Å². The van der Waals surface area contributed by atoms with Crippen molar-refractivity contribution in [2.75, 3.05) is 0 Å². The van der Waals surface area contributed by atoms with E-state index in [0.717, 1.165) is 10.6 Å². The lowest BCUT2D eigenvalue weighted by Gasteiger charge is -2.05. The summed E-state index contributed by atoms with van der Waals surface area (Å²) in [5.41, 5.74) is 6.77. The first-order valence-corrected chi connectivity index (χ1v) is 5.71. The zero-order valence-electron chi connectivity index (χ0n) is 8.76. The number of nitrogens with two attached hydrogens (primary N) is 1. The van der Waals surface area contributed by atoms with E-state index in [1.165, 1.54) is 5.56 Å². The lowest BCUT2D eigenvalue weighted by atomic mass is 10.2. The normalized spacial score (nSPS) is 9.56. The molecule has 0 fully saturated rings. The molecule has 0 radical (unpaired) electrons. The quantitative estimate of drug-likeness (QED) is 0.911. The third-order valence-electron chi connectivity index (χ3n) is 2.13. The van der Waals surface area contributed by atoms with Gasteiger partial charge >= 0.3 is 0 Å². The van der Waals surface area contributed by atoms with Crippen LogP contribution in [-0.2, 0) is 13.2 Å². The maximum Gasteiger partial charge on any atom is 0.134 e. The smallest absolute Gasteiger partial charge is 0.134 e. The van der Waals surface area contributed by atoms with Crippen molar-refractivity contribution in [1.29, 1.82) is 0 Å². The standard InChI is InChI=1S/C12H13NOS.ClH/c13-8-12-11(6-7-15-12)14-9-10-4-2-1-3-5-10;/h1-7H,8-9,13H2;1H. The first-order chi connectivity index (χ1) is 7.40. The van der Waals surface area contributed by atoms with Crippen molar-refractivity contribution in [1.82, 2.24) is 0 Å². The van der Waals surface area contributed by atoms with Gasteiger partial charge in [-0.1, -0.05) is 30.3 Å². The molecule has 0 bridgehead atoms. The summed E-state index contributed by atoms with van der Waals surface area (Å²) in [7, 11) is 0. The van der Waals surface area contributed by atoms with Crippen LogP contribution in [0.2, 0.25) is 0 Å². The summed E-state index contributed by atoms with van der Waals surface area (Å²) in [6.45, 7) is 1.15. The zero-order valence-corrected chi connectivity index (χ0v) is 10.4. The molecule has 0 saturated heterocycles. The van der Waals surface area contributed by atoms with Crippen LogP contribution in [0.15, 0.2) is 41.8 Å². The maximum absolute atomic E-state index is 5.68. The van der Waals surface area contributed by atoms with Crippen LogP contribution in [0.5, 0.6) is 5.75 Å². The molecule has 16 heavy (non-hydrogen) atoms. The number of halogens is 1.